The van der Waals surface area contributed by atoms with Gasteiger partial charge in [-0.1, -0.05) is 11.8 Å². The number of hydrazine groups is 1. The first kappa shape index (κ1) is 9.44. The largest absolute Gasteiger partial charge is 0.300 e. The van der Waals surface area contributed by atoms with Gasteiger partial charge in [0, 0.05) is 11.1 Å². The molecule has 2 heterocycles. The van der Waals surface area contributed by atoms with Crippen molar-refractivity contribution in [2.75, 3.05) is 5.43 Å². The second kappa shape index (κ2) is 4.40. The van der Waals surface area contributed by atoms with Gasteiger partial charge in [-0.3, -0.25) is 10.5 Å². The molecule has 2 rings (SSSR count). The van der Waals surface area contributed by atoms with E-state index in [9.17, 15) is 0 Å². The number of H-pyrrole nitrogens is 1. The molecule has 2 aromatic rings. The van der Waals surface area contributed by atoms with Crippen LogP contribution in [0.4, 0.5) is 5.13 Å². The summed E-state index contributed by atoms with van der Waals surface area (Å²) < 4.78 is 0. The number of nitrogens with two attached hydrogens (primary N) is 1. The van der Waals surface area contributed by atoms with Crippen molar-refractivity contribution < 1.29 is 0 Å². The fourth-order valence-electron chi connectivity index (χ4n) is 0.846. The number of aromatic nitrogens is 4. The fourth-order valence-corrected chi connectivity index (χ4v) is 2.24. The number of nitrogens with zero attached hydrogens (tertiary/aromatic N) is 3. The third kappa shape index (κ3) is 2.22. The van der Waals surface area contributed by atoms with Crippen LogP contribution >= 0.6 is 23.1 Å². The van der Waals surface area contributed by atoms with E-state index < -0.39 is 0 Å². The van der Waals surface area contributed by atoms with Gasteiger partial charge in [0.2, 0.25) is 0 Å². The molecule has 0 bridgehead atoms. The van der Waals surface area contributed by atoms with Gasteiger partial charge in [-0.2, -0.15) is 5.10 Å². The Morgan fingerprint density at radius 3 is 3.21 bits per heavy atom. The summed E-state index contributed by atoms with van der Waals surface area (Å²) in [6, 6.07) is 0. The lowest BCUT2D eigenvalue weighted by atomic mass is 10.6. The average Bonchev–Trinajstić information content (AvgIpc) is 2.86. The minimum absolute atomic E-state index is 0.721. The Morgan fingerprint density at radius 1 is 1.64 bits per heavy atom. The van der Waals surface area contributed by atoms with E-state index in [0.29, 0.717) is 0 Å². The molecule has 2 aromatic heterocycles. The predicted molar refractivity (Wildman–Crippen MR) is 55.9 cm³/mol. The molecule has 0 aliphatic heterocycles. The Bertz CT molecular complexity index is 383. The highest BCUT2D eigenvalue weighted by Gasteiger charge is 2.02. The first-order valence-electron chi connectivity index (χ1n) is 3.77. The van der Waals surface area contributed by atoms with Crippen LogP contribution in [0.3, 0.4) is 0 Å². The van der Waals surface area contributed by atoms with Crippen molar-refractivity contribution in [1.82, 2.24) is 20.2 Å². The van der Waals surface area contributed by atoms with Crippen LogP contribution in [-0.2, 0) is 5.75 Å². The van der Waals surface area contributed by atoms with E-state index in [1.165, 1.54) is 17.7 Å². The second-order valence-corrected chi connectivity index (χ2v) is 4.19. The summed E-state index contributed by atoms with van der Waals surface area (Å²) in [5, 5.41) is 9.98. The molecule has 0 fully saturated rings. The van der Waals surface area contributed by atoms with E-state index >= 15 is 0 Å². The predicted octanol–water partition coefficient (Wildman–Crippen LogP) is 0.839. The molecule has 0 aliphatic rings. The van der Waals surface area contributed by atoms with E-state index in [0.717, 1.165) is 21.7 Å². The number of aromatic amines is 1. The van der Waals surface area contributed by atoms with Gasteiger partial charge in [0.1, 0.15) is 6.33 Å². The van der Waals surface area contributed by atoms with E-state index in [1.807, 2.05) is 5.38 Å². The van der Waals surface area contributed by atoms with Crippen LogP contribution in [0.15, 0.2) is 16.9 Å². The molecule has 8 heteroatoms. The van der Waals surface area contributed by atoms with Gasteiger partial charge < -0.3 is 0 Å². The van der Waals surface area contributed by atoms with Gasteiger partial charge in [0.25, 0.3) is 0 Å². The highest BCUT2D eigenvalue weighted by atomic mass is 32.2. The minimum atomic E-state index is 0.721. The van der Waals surface area contributed by atoms with Gasteiger partial charge in [0.05, 0.1) is 5.69 Å². The number of nitrogens with one attached hydrogen (secondary N) is 2. The molecule has 0 aromatic carbocycles. The van der Waals surface area contributed by atoms with Crippen molar-refractivity contribution in [3.8, 4) is 0 Å². The highest BCUT2D eigenvalue weighted by molar-refractivity contribution is 7.98. The fraction of sp³-hybridized carbons (Fsp3) is 0.167. The van der Waals surface area contributed by atoms with Crippen LogP contribution < -0.4 is 11.3 Å². The number of thioether (sulfide) groups is 1. The molecule has 0 aliphatic carbocycles. The Hall–Kier alpha value is -1.12. The Morgan fingerprint density at radius 2 is 2.57 bits per heavy atom. The van der Waals surface area contributed by atoms with Gasteiger partial charge in [-0.15, -0.1) is 11.3 Å². The second-order valence-electron chi connectivity index (χ2n) is 2.37. The van der Waals surface area contributed by atoms with Crippen molar-refractivity contribution in [3.63, 3.8) is 0 Å². The number of anilines is 1. The SMILES string of the molecule is NNc1nc(CSc2ncn[nH]2)cs1. The molecule has 0 spiro atoms. The van der Waals surface area contributed by atoms with Crippen molar-refractivity contribution in [3.05, 3.63) is 17.4 Å². The molecular weight excluding hydrogens is 220 g/mol. The number of hydrogen-bond acceptors (Lipinski definition) is 7. The van der Waals surface area contributed by atoms with Crippen LogP contribution in [0, 0.1) is 0 Å². The zero-order chi connectivity index (χ0) is 9.80. The minimum Gasteiger partial charge on any atom is -0.300 e. The Balaban J connectivity index is 1.92. The maximum Gasteiger partial charge on any atom is 0.197 e. The molecular formula is C6H8N6S2. The van der Waals surface area contributed by atoms with Gasteiger partial charge in [-0.25, -0.2) is 15.8 Å². The van der Waals surface area contributed by atoms with E-state index in [1.54, 1.807) is 11.8 Å². The lowest BCUT2D eigenvalue weighted by Crippen LogP contribution is -2.05. The first-order chi connectivity index (χ1) is 6.88. The summed E-state index contributed by atoms with van der Waals surface area (Å²) in [4.78, 5) is 8.22. The number of thiazole rings is 1. The highest BCUT2D eigenvalue weighted by Crippen LogP contribution is 2.21. The quantitative estimate of drug-likeness (QED) is 0.408. The van der Waals surface area contributed by atoms with Gasteiger partial charge >= 0.3 is 0 Å². The van der Waals surface area contributed by atoms with Crippen LogP contribution in [0.5, 0.6) is 0 Å². The number of rotatable bonds is 4. The standard InChI is InChI=1S/C6H8N6S2/c7-11-6-10-4(2-14-6)1-13-5-8-3-9-12-5/h2-3H,1,7H2,(H,10,11)(H,8,9,12). The van der Waals surface area contributed by atoms with Crippen LogP contribution in [0.25, 0.3) is 0 Å². The molecule has 14 heavy (non-hydrogen) atoms. The van der Waals surface area contributed by atoms with Crippen LogP contribution in [0.2, 0.25) is 0 Å². The van der Waals surface area contributed by atoms with E-state index in [2.05, 4.69) is 25.6 Å². The average molecular weight is 228 g/mol. The Labute approximate surface area is 88.3 Å². The molecule has 0 saturated carbocycles. The molecule has 74 valence electrons. The number of nitrogen functional groups attached to an aromatic ring is 1. The van der Waals surface area contributed by atoms with Gasteiger partial charge in [-0.05, 0) is 0 Å². The first-order valence-corrected chi connectivity index (χ1v) is 5.64. The molecule has 0 radical (unpaired) electrons. The maximum absolute atomic E-state index is 5.22. The summed E-state index contributed by atoms with van der Waals surface area (Å²) in [6.07, 6.45) is 1.48. The third-order valence-electron chi connectivity index (χ3n) is 1.42. The summed E-state index contributed by atoms with van der Waals surface area (Å²) in [7, 11) is 0. The zero-order valence-electron chi connectivity index (χ0n) is 7.10. The van der Waals surface area contributed by atoms with Crippen molar-refractivity contribution in [2.45, 2.75) is 10.9 Å². The molecule has 0 unspecified atom stereocenters. The summed E-state index contributed by atoms with van der Waals surface area (Å²) >= 11 is 3.03. The van der Waals surface area contributed by atoms with Crippen LogP contribution in [-0.4, -0.2) is 20.2 Å². The summed E-state index contributed by atoms with van der Waals surface area (Å²) in [6.45, 7) is 0. The number of hydrogen-bond donors (Lipinski definition) is 3. The lowest BCUT2D eigenvalue weighted by Gasteiger charge is -1.92. The smallest absolute Gasteiger partial charge is 0.197 e. The Kier molecular flexibility index (Phi) is 2.96. The molecule has 6 nitrogen and oxygen atoms in total. The molecule has 4 N–H and O–H groups in total. The third-order valence-corrected chi connectivity index (χ3v) is 3.16. The summed E-state index contributed by atoms with van der Waals surface area (Å²) in [5.41, 5.74) is 3.48. The molecule has 0 saturated heterocycles. The maximum atomic E-state index is 5.22. The van der Waals surface area contributed by atoms with E-state index in [4.69, 9.17) is 5.84 Å². The van der Waals surface area contributed by atoms with Crippen molar-refractivity contribution >= 4 is 28.2 Å². The lowest BCUT2D eigenvalue weighted by molar-refractivity contribution is 0.972. The van der Waals surface area contributed by atoms with Gasteiger partial charge in [0.15, 0.2) is 10.3 Å². The zero-order valence-corrected chi connectivity index (χ0v) is 8.73. The molecule has 0 amide bonds. The topological polar surface area (TPSA) is 92.5 Å². The van der Waals surface area contributed by atoms with E-state index in [-0.39, 0.29) is 0 Å². The van der Waals surface area contributed by atoms with Crippen LogP contribution in [0.1, 0.15) is 5.69 Å². The monoisotopic (exact) mass is 228 g/mol. The normalized spacial score (nSPS) is 10.4. The van der Waals surface area contributed by atoms with Crippen molar-refractivity contribution in [1.29, 1.82) is 0 Å². The van der Waals surface area contributed by atoms with Crippen molar-refractivity contribution in [2.24, 2.45) is 5.84 Å². The molecule has 0 atom stereocenters. The summed E-state index contributed by atoms with van der Waals surface area (Å²) in [5.74, 6) is 5.97.